The predicted molar refractivity (Wildman–Crippen MR) is 80.2 cm³/mol. The zero-order valence-corrected chi connectivity index (χ0v) is 13.7. The van der Waals surface area contributed by atoms with Gasteiger partial charge in [0.1, 0.15) is 6.10 Å². The van der Waals surface area contributed by atoms with E-state index in [1.165, 1.54) is 4.90 Å². The van der Waals surface area contributed by atoms with E-state index in [0.717, 1.165) is 0 Å². The van der Waals surface area contributed by atoms with Crippen LogP contribution in [0.3, 0.4) is 0 Å². The molecule has 2 rings (SSSR count). The molecule has 0 aromatic heterocycles. The van der Waals surface area contributed by atoms with Crippen molar-refractivity contribution in [2.75, 3.05) is 39.3 Å². The molecule has 0 aliphatic carbocycles. The quantitative estimate of drug-likeness (QED) is 0.812. The van der Waals surface area contributed by atoms with Gasteiger partial charge < -0.3 is 15.0 Å². The lowest BCUT2D eigenvalue weighted by molar-refractivity contribution is -0.155. The first-order valence-corrected chi connectivity index (χ1v) is 8.07. The maximum Gasteiger partial charge on any atom is 0.253 e. The van der Waals surface area contributed by atoms with Crippen LogP contribution in [0, 0.1) is 0 Å². The lowest BCUT2D eigenvalue weighted by atomic mass is 10.1. The fraction of sp³-hybridized carbons (Fsp3) is 0.867. The van der Waals surface area contributed by atoms with Crippen molar-refractivity contribution in [1.29, 1.82) is 0 Å². The fourth-order valence-electron chi connectivity index (χ4n) is 2.82. The molecule has 1 N–H and O–H groups in total. The average molecular weight is 333 g/mol. The summed E-state index contributed by atoms with van der Waals surface area (Å²) in [6, 6.07) is 0.0657. The van der Waals surface area contributed by atoms with E-state index in [-0.39, 0.29) is 50.3 Å². The summed E-state index contributed by atoms with van der Waals surface area (Å²) < 4.78 is 31.8. The number of carbonyl (C=O) groups is 2. The Morgan fingerprint density at radius 3 is 2.52 bits per heavy atom. The molecule has 0 aromatic rings. The lowest BCUT2D eigenvalue weighted by Gasteiger charge is -2.37. The number of rotatable bonds is 4. The van der Waals surface area contributed by atoms with Crippen molar-refractivity contribution >= 4 is 11.8 Å². The van der Waals surface area contributed by atoms with Gasteiger partial charge in [-0.3, -0.25) is 14.5 Å². The van der Waals surface area contributed by atoms with E-state index in [2.05, 4.69) is 5.32 Å². The van der Waals surface area contributed by atoms with Crippen molar-refractivity contribution in [2.24, 2.45) is 0 Å². The van der Waals surface area contributed by atoms with Crippen LogP contribution < -0.4 is 5.32 Å². The van der Waals surface area contributed by atoms with E-state index < -0.39 is 12.0 Å². The zero-order valence-electron chi connectivity index (χ0n) is 13.7. The molecular formula is C15H25F2N3O3. The summed E-state index contributed by atoms with van der Waals surface area (Å²) in [5.74, 6) is -3.02. The molecule has 2 saturated heterocycles. The molecule has 2 amide bonds. The van der Waals surface area contributed by atoms with Gasteiger partial charge in [0.2, 0.25) is 5.91 Å². The van der Waals surface area contributed by atoms with E-state index in [1.807, 2.05) is 18.7 Å². The van der Waals surface area contributed by atoms with Gasteiger partial charge in [-0.15, -0.1) is 0 Å². The van der Waals surface area contributed by atoms with E-state index in [4.69, 9.17) is 4.74 Å². The summed E-state index contributed by atoms with van der Waals surface area (Å²) in [7, 11) is 0. The Hall–Kier alpha value is -1.28. The highest BCUT2D eigenvalue weighted by Crippen LogP contribution is 2.28. The number of alkyl halides is 2. The van der Waals surface area contributed by atoms with Gasteiger partial charge >= 0.3 is 0 Å². The van der Waals surface area contributed by atoms with Crippen LogP contribution in [0.5, 0.6) is 0 Å². The van der Waals surface area contributed by atoms with E-state index in [0.29, 0.717) is 19.7 Å². The second kappa shape index (κ2) is 7.53. The smallest absolute Gasteiger partial charge is 0.253 e. The topological polar surface area (TPSA) is 61.9 Å². The number of hydrogen-bond acceptors (Lipinski definition) is 4. The highest BCUT2D eigenvalue weighted by Gasteiger charge is 2.38. The number of nitrogens with zero attached hydrogens (tertiary/aromatic N) is 2. The summed E-state index contributed by atoms with van der Waals surface area (Å²) in [4.78, 5) is 27.5. The van der Waals surface area contributed by atoms with Crippen molar-refractivity contribution in [3.05, 3.63) is 0 Å². The molecule has 2 aliphatic heterocycles. The number of ether oxygens (including phenoxy) is 1. The molecule has 1 unspecified atom stereocenters. The van der Waals surface area contributed by atoms with Crippen LogP contribution in [0.15, 0.2) is 0 Å². The van der Waals surface area contributed by atoms with Gasteiger partial charge in [0.25, 0.3) is 11.8 Å². The number of carbonyl (C=O) groups excluding carboxylic acids is 2. The van der Waals surface area contributed by atoms with Crippen LogP contribution in [0.1, 0.15) is 26.7 Å². The van der Waals surface area contributed by atoms with Crippen LogP contribution >= 0.6 is 0 Å². The number of piperidine rings is 1. The first kappa shape index (κ1) is 18.1. The summed E-state index contributed by atoms with van der Waals surface area (Å²) in [6.45, 7) is 5.34. The van der Waals surface area contributed by atoms with Crippen molar-refractivity contribution in [1.82, 2.24) is 15.1 Å². The number of amides is 2. The average Bonchev–Trinajstić information content (AvgIpc) is 2.46. The second-order valence-corrected chi connectivity index (χ2v) is 6.50. The normalized spacial score (nSPS) is 25.4. The molecule has 2 heterocycles. The number of morpholine rings is 1. The highest BCUT2D eigenvalue weighted by molar-refractivity contribution is 5.82. The van der Waals surface area contributed by atoms with Crippen LogP contribution in [0.2, 0.25) is 0 Å². The molecule has 6 nitrogen and oxygen atoms in total. The Bertz CT molecular complexity index is 436. The summed E-state index contributed by atoms with van der Waals surface area (Å²) >= 11 is 0. The van der Waals surface area contributed by atoms with Crippen LogP contribution in [0.4, 0.5) is 8.78 Å². The minimum atomic E-state index is -2.68. The predicted octanol–water partition coefficient (Wildman–Crippen LogP) is 0.470. The monoisotopic (exact) mass is 333 g/mol. The number of halogens is 2. The molecule has 23 heavy (non-hydrogen) atoms. The van der Waals surface area contributed by atoms with Crippen LogP contribution in [0.25, 0.3) is 0 Å². The first-order chi connectivity index (χ1) is 10.8. The minimum absolute atomic E-state index is 0.0551. The van der Waals surface area contributed by atoms with E-state index in [1.54, 1.807) is 0 Å². The standard InChI is InChI=1S/C15H25F2N3O3/c1-11(2)18-13(21)10-19-7-8-23-12(9-19)14(22)20-5-3-15(16,17)4-6-20/h11-12H,3-10H2,1-2H3,(H,18,21). The van der Waals surface area contributed by atoms with Crippen LogP contribution in [-0.2, 0) is 14.3 Å². The van der Waals surface area contributed by atoms with Gasteiger partial charge in [0.05, 0.1) is 13.2 Å². The Balaban J connectivity index is 1.83. The largest absolute Gasteiger partial charge is 0.366 e. The Kier molecular flexibility index (Phi) is 5.91. The molecule has 132 valence electrons. The van der Waals surface area contributed by atoms with Gasteiger partial charge in [-0.25, -0.2) is 8.78 Å². The molecule has 2 fully saturated rings. The molecule has 8 heteroatoms. The molecule has 1 atom stereocenters. The van der Waals surface area contributed by atoms with Crippen molar-refractivity contribution in [3.8, 4) is 0 Å². The van der Waals surface area contributed by atoms with Gasteiger partial charge in [-0.1, -0.05) is 0 Å². The van der Waals surface area contributed by atoms with Crippen molar-refractivity contribution < 1.29 is 23.1 Å². The second-order valence-electron chi connectivity index (χ2n) is 6.50. The third-order valence-electron chi connectivity index (χ3n) is 4.05. The zero-order chi connectivity index (χ0) is 17.0. The number of nitrogens with one attached hydrogen (secondary N) is 1. The summed E-state index contributed by atoms with van der Waals surface area (Å²) in [5.41, 5.74) is 0. The third-order valence-corrected chi connectivity index (χ3v) is 4.05. The van der Waals surface area contributed by atoms with Gasteiger partial charge in [0.15, 0.2) is 0 Å². The number of likely N-dealkylation sites (tertiary alicyclic amines) is 1. The van der Waals surface area contributed by atoms with E-state index in [9.17, 15) is 18.4 Å². The Morgan fingerprint density at radius 1 is 1.26 bits per heavy atom. The molecule has 0 spiro atoms. The molecule has 2 aliphatic rings. The molecule has 0 saturated carbocycles. The summed E-state index contributed by atoms with van der Waals surface area (Å²) in [5, 5.41) is 2.81. The van der Waals surface area contributed by atoms with E-state index >= 15 is 0 Å². The minimum Gasteiger partial charge on any atom is -0.366 e. The lowest BCUT2D eigenvalue weighted by Crippen LogP contribution is -2.55. The Labute approximate surface area is 135 Å². The first-order valence-electron chi connectivity index (χ1n) is 8.07. The van der Waals surface area contributed by atoms with Crippen molar-refractivity contribution in [2.45, 2.75) is 44.8 Å². The van der Waals surface area contributed by atoms with Gasteiger partial charge in [-0.2, -0.15) is 0 Å². The van der Waals surface area contributed by atoms with Gasteiger partial charge in [-0.05, 0) is 13.8 Å². The maximum atomic E-state index is 13.2. The summed E-state index contributed by atoms with van der Waals surface area (Å²) in [6.07, 6.45) is -1.28. The molecule has 0 aromatic carbocycles. The molecule has 0 bridgehead atoms. The fourth-order valence-corrected chi connectivity index (χ4v) is 2.82. The molecule has 0 radical (unpaired) electrons. The third kappa shape index (κ3) is 5.39. The van der Waals surface area contributed by atoms with Crippen LogP contribution in [-0.4, -0.2) is 79.0 Å². The highest BCUT2D eigenvalue weighted by atomic mass is 19.3. The maximum absolute atomic E-state index is 13.2. The number of hydrogen-bond donors (Lipinski definition) is 1. The van der Waals surface area contributed by atoms with Crippen molar-refractivity contribution in [3.63, 3.8) is 0 Å². The Morgan fingerprint density at radius 2 is 1.91 bits per heavy atom. The SMILES string of the molecule is CC(C)NC(=O)CN1CCOC(C(=O)N2CCC(F)(F)CC2)C1. The van der Waals surface area contributed by atoms with Gasteiger partial charge in [0, 0.05) is 45.1 Å². The molecular weight excluding hydrogens is 308 g/mol.